The predicted octanol–water partition coefficient (Wildman–Crippen LogP) is 2.50. The van der Waals surface area contributed by atoms with E-state index in [9.17, 15) is 0 Å². The minimum Gasteiger partial charge on any atom is -0.492 e. The standard InChI is InChI=1S/C14H19N3O/c1-2-4-13-10-16-11-17(13)7-8-18-14-6-3-5-12(15)9-14/h3,5-6,9-11H,2,4,7-8,15H2,1H3. The molecule has 0 spiro atoms. The molecule has 0 fully saturated rings. The van der Waals surface area contributed by atoms with Gasteiger partial charge in [0.05, 0.1) is 12.9 Å². The summed E-state index contributed by atoms with van der Waals surface area (Å²) in [7, 11) is 0. The van der Waals surface area contributed by atoms with Crippen molar-refractivity contribution >= 4 is 5.69 Å². The van der Waals surface area contributed by atoms with E-state index in [1.807, 2.05) is 36.8 Å². The quantitative estimate of drug-likeness (QED) is 0.795. The van der Waals surface area contributed by atoms with Gasteiger partial charge in [0.25, 0.3) is 0 Å². The second-order valence-electron chi connectivity index (χ2n) is 4.25. The highest BCUT2D eigenvalue weighted by Crippen LogP contribution is 2.14. The fourth-order valence-electron chi connectivity index (χ4n) is 1.88. The average molecular weight is 245 g/mol. The number of hydrogen-bond donors (Lipinski definition) is 1. The molecule has 18 heavy (non-hydrogen) atoms. The molecule has 0 aliphatic rings. The van der Waals surface area contributed by atoms with Gasteiger partial charge in [-0.1, -0.05) is 19.4 Å². The van der Waals surface area contributed by atoms with Gasteiger partial charge in [-0.3, -0.25) is 0 Å². The molecule has 0 aliphatic heterocycles. The minimum atomic E-state index is 0.622. The third kappa shape index (κ3) is 3.26. The zero-order chi connectivity index (χ0) is 12.8. The lowest BCUT2D eigenvalue weighted by molar-refractivity contribution is 0.296. The molecule has 0 amide bonds. The van der Waals surface area contributed by atoms with Gasteiger partial charge in [-0.2, -0.15) is 0 Å². The van der Waals surface area contributed by atoms with Crippen molar-refractivity contribution in [1.29, 1.82) is 0 Å². The van der Waals surface area contributed by atoms with Crippen molar-refractivity contribution in [1.82, 2.24) is 9.55 Å². The van der Waals surface area contributed by atoms with Gasteiger partial charge in [0.1, 0.15) is 12.4 Å². The van der Waals surface area contributed by atoms with E-state index in [2.05, 4.69) is 16.5 Å². The number of nitrogen functional groups attached to an aromatic ring is 1. The van der Waals surface area contributed by atoms with Gasteiger partial charge in [0.15, 0.2) is 0 Å². The summed E-state index contributed by atoms with van der Waals surface area (Å²) in [5, 5.41) is 0. The van der Waals surface area contributed by atoms with E-state index in [4.69, 9.17) is 10.5 Å². The first kappa shape index (κ1) is 12.5. The Morgan fingerprint density at radius 3 is 3.06 bits per heavy atom. The number of ether oxygens (including phenoxy) is 1. The first-order chi connectivity index (χ1) is 8.79. The molecule has 4 heteroatoms. The summed E-state index contributed by atoms with van der Waals surface area (Å²) in [4.78, 5) is 4.17. The molecule has 0 aliphatic carbocycles. The lowest BCUT2D eigenvalue weighted by Gasteiger charge is -2.09. The number of aryl methyl sites for hydroxylation is 1. The van der Waals surface area contributed by atoms with Crippen molar-refractivity contribution in [2.24, 2.45) is 0 Å². The molecule has 2 N–H and O–H groups in total. The lowest BCUT2D eigenvalue weighted by atomic mass is 10.3. The van der Waals surface area contributed by atoms with Gasteiger partial charge < -0.3 is 15.0 Å². The summed E-state index contributed by atoms with van der Waals surface area (Å²) in [6.07, 6.45) is 5.96. The molecule has 1 aromatic carbocycles. The van der Waals surface area contributed by atoms with Crippen LogP contribution >= 0.6 is 0 Å². The number of anilines is 1. The summed E-state index contributed by atoms with van der Waals surface area (Å²) in [6, 6.07) is 7.49. The third-order valence-electron chi connectivity index (χ3n) is 2.76. The fraction of sp³-hybridized carbons (Fsp3) is 0.357. The van der Waals surface area contributed by atoms with E-state index in [1.54, 1.807) is 0 Å². The maximum absolute atomic E-state index is 5.69. The van der Waals surface area contributed by atoms with Crippen LogP contribution in [-0.4, -0.2) is 16.2 Å². The molecule has 0 unspecified atom stereocenters. The Morgan fingerprint density at radius 2 is 2.28 bits per heavy atom. The van der Waals surface area contributed by atoms with Gasteiger partial charge in [-0.15, -0.1) is 0 Å². The SMILES string of the molecule is CCCc1cncn1CCOc1cccc(N)c1. The topological polar surface area (TPSA) is 53.1 Å². The van der Waals surface area contributed by atoms with Crippen LogP contribution in [0.15, 0.2) is 36.8 Å². The van der Waals surface area contributed by atoms with Crippen LogP contribution in [0.5, 0.6) is 5.75 Å². The molecule has 0 saturated heterocycles. The number of imidazole rings is 1. The Bertz CT molecular complexity index is 493. The number of benzene rings is 1. The summed E-state index contributed by atoms with van der Waals surface area (Å²) in [5.74, 6) is 0.812. The van der Waals surface area contributed by atoms with Gasteiger partial charge >= 0.3 is 0 Å². The van der Waals surface area contributed by atoms with Gasteiger partial charge in [0, 0.05) is 23.6 Å². The van der Waals surface area contributed by atoms with Crippen molar-refractivity contribution in [2.75, 3.05) is 12.3 Å². The molecule has 0 radical (unpaired) electrons. The Kier molecular flexibility index (Phi) is 4.23. The van der Waals surface area contributed by atoms with Crippen LogP contribution < -0.4 is 10.5 Å². The van der Waals surface area contributed by atoms with E-state index in [0.29, 0.717) is 6.61 Å². The van der Waals surface area contributed by atoms with Crippen molar-refractivity contribution < 1.29 is 4.74 Å². The van der Waals surface area contributed by atoms with Crippen LogP contribution in [0.3, 0.4) is 0 Å². The van der Waals surface area contributed by atoms with Gasteiger partial charge in [0.2, 0.25) is 0 Å². The van der Waals surface area contributed by atoms with E-state index >= 15 is 0 Å². The molecule has 2 aromatic rings. The summed E-state index contributed by atoms with van der Waals surface area (Å²) < 4.78 is 7.80. The lowest BCUT2D eigenvalue weighted by Crippen LogP contribution is -2.10. The largest absolute Gasteiger partial charge is 0.492 e. The Balaban J connectivity index is 1.86. The van der Waals surface area contributed by atoms with E-state index in [-0.39, 0.29) is 0 Å². The van der Waals surface area contributed by atoms with Crippen LogP contribution in [0.1, 0.15) is 19.0 Å². The Hall–Kier alpha value is -1.97. The highest BCUT2D eigenvalue weighted by molar-refractivity contribution is 5.43. The van der Waals surface area contributed by atoms with Crippen molar-refractivity contribution in [2.45, 2.75) is 26.3 Å². The fourth-order valence-corrected chi connectivity index (χ4v) is 1.88. The number of nitrogens with zero attached hydrogens (tertiary/aromatic N) is 2. The molecule has 0 saturated carbocycles. The van der Waals surface area contributed by atoms with Crippen molar-refractivity contribution in [3.8, 4) is 5.75 Å². The number of nitrogens with two attached hydrogens (primary N) is 1. The van der Waals surface area contributed by atoms with E-state index < -0.39 is 0 Å². The van der Waals surface area contributed by atoms with Crippen LogP contribution in [0.4, 0.5) is 5.69 Å². The van der Waals surface area contributed by atoms with Crippen LogP contribution in [-0.2, 0) is 13.0 Å². The third-order valence-corrected chi connectivity index (χ3v) is 2.76. The Morgan fingerprint density at radius 1 is 1.39 bits per heavy atom. The molecule has 0 bridgehead atoms. The molecule has 2 rings (SSSR count). The van der Waals surface area contributed by atoms with Crippen LogP contribution in [0.25, 0.3) is 0 Å². The highest BCUT2D eigenvalue weighted by Gasteiger charge is 2.01. The molecule has 0 atom stereocenters. The maximum Gasteiger partial charge on any atom is 0.121 e. The second kappa shape index (κ2) is 6.10. The molecule has 4 nitrogen and oxygen atoms in total. The smallest absolute Gasteiger partial charge is 0.121 e. The molecule has 1 aromatic heterocycles. The highest BCUT2D eigenvalue weighted by atomic mass is 16.5. The number of hydrogen-bond acceptors (Lipinski definition) is 3. The van der Waals surface area contributed by atoms with Crippen LogP contribution in [0.2, 0.25) is 0 Å². The molecule has 1 heterocycles. The second-order valence-corrected chi connectivity index (χ2v) is 4.25. The summed E-state index contributed by atoms with van der Waals surface area (Å²) in [5.41, 5.74) is 7.68. The predicted molar refractivity (Wildman–Crippen MR) is 72.6 cm³/mol. The van der Waals surface area contributed by atoms with Gasteiger partial charge in [-0.05, 0) is 18.6 Å². The summed E-state index contributed by atoms with van der Waals surface area (Å²) in [6.45, 7) is 3.60. The molecule has 96 valence electrons. The zero-order valence-electron chi connectivity index (χ0n) is 10.7. The monoisotopic (exact) mass is 245 g/mol. The average Bonchev–Trinajstić information content (AvgIpc) is 2.78. The zero-order valence-corrected chi connectivity index (χ0v) is 10.7. The van der Waals surface area contributed by atoms with E-state index in [1.165, 1.54) is 5.69 Å². The summed E-state index contributed by atoms with van der Waals surface area (Å²) >= 11 is 0. The maximum atomic E-state index is 5.69. The van der Waals surface area contributed by atoms with Crippen LogP contribution in [0, 0.1) is 0 Å². The number of aromatic nitrogens is 2. The van der Waals surface area contributed by atoms with Crippen molar-refractivity contribution in [3.05, 3.63) is 42.5 Å². The first-order valence-electron chi connectivity index (χ1n) is 6.27. The Labute approximate surface area is 107 Å². The van der Waals surface area contributed by atoms with Gasteiger partial charge in [-0.25, -0.2) is 4.98 Å². The minimum absolute atomic E-state index is 0.622. The van der Waals surface area contributed by atoms with Crippen molar-refractivity contribution in [3.63, 3.8) is 0 Å². The number of rotatable bonds is 6. The first-order valence-corrected chi connectivity index (χ1v) is 6.27. The molecular formula is C14H19N3O. The molecular weight excluding hydrogens is 226 g/mol. The van der Waals surface area contributed by atoms with E-state index in [0.717, 1.165) is 30.8 Å². The normalized spacial score (nSPS) is 10.5.